The van der Waals surface area contributed by atoms with Gasteiger partial charge in [0.2, 0.25) is 0 Å². The lowest BCUT2D eigenvalue weighted by atomic mass is 10.2. The van der Waals surface area contributed by atoms with E-state index in [1.165, 1.54) is 0 Å². The number of nitrogens with zero attached hydrogens (tertiary/aromatic N) is 1. The van der Waals surface area contributed by atoms with Crippen LogP contribution in [-0.4, -0.2) is 23.2 Å². The third-order valence-electron chi connectivity index (χ3n) is 2.33. The lowest BCUT2D eigenvalue weighted by Gasteiger charge is -2.09. The van der Waals surface area contributed by atoms with Crippen molar-refractivity contribution in [2.75, 3.05) is 12.8 Å². The van der Waals surface area contributed by atoms with E-state index in [-0.39, 0.29) is 11.7 Å². The first kappa shape index (κ1) is 11.7. The highest BCUT2D eigenvalue weighted by Crippen LogP contribution is 2.05. The van der Waals surface area contributed by atoms with Crippen molar-refractivity contribution in [3.8, 4) is 0 Å². The molecule has 1 aromatic heterocycles. The number of hydrogen-bond acceptors (Lipinski definition) is 4. The van der Waals surface area contributed by atoms with Crippen LogP contribution < -0.4 is 11.3 Å². The van der Waals surface area contributed by atoms with Gasteiger partial charge in [-0.15, -0.1) is 0 Å². The third kappa shape index (κ3) is 2.79. The van der Waals surface area contributed by atoms with Crippen LogP contribution in [0, 0.1) is 0 Å². The van der Waals surface area contributed by atoms with Gasteiger partial charge in [-0.05, 0) is 13.3 Å². The second kappa shape index (κ2) is 4.93. The number of aromatic amines is 1. The lowest BCUT2D eigenvalue weighted by molar-refractivity contribution is 0.117. The molecule has 0 amide bonds. The van der Waals surface area contributed by atoms with Crippen LogP contribution in [0.3, 0.4) is 0 Å². The minimum absolute atomic E-state index is 0.0139. The maximum absolute atomic E-state index is 11.5. The van der Waals surface area contributed by atoms with E-state index in [0.717, 1.165) is 0 Å². The predicted molar refractivity (Wildman–Crippen MR) is 58.8 cm³/mol. The quantitative estimate of drug-likeness (QED) is 0.759. The molecule has 0 spiro atoms. The number of nitrogens with one attached hydrogen (secondary N) is 1. The van der Waals surface area contributed by atoms with E-state index in [1.54, 1.807) is 7.11 Å². The molecule has 3 N–H and O–H groups in total. The summed E-state index contributed by atoms with van der Waals surface area (Å²) in [6.45, 7) is 3.78. The first-order valence-electron chi connectivity index (χ1n) is 4.98. The SMILES string of the molecule is CCc1c(N)nc(CC(C)OC)[nH]c1=O. The van der Waals surface area contributed by atoms with Crippen LogP contribution in [-0.2, 0) is 17.6 Å². The van der Waals surface area contributed by atoms with Gasteiger partial charge in [-0.25, -0.2) is 4.98 Å². The van der Waals surface area contributed by atoms with Crippen LogP contribution in [0.4, 0.5) is 5.82 Å². The van der Waals surface area contributed by atoms with Gasteiger partial charge in [-0.3, -0.25) is 4.79 Å². The molecule has 1 atom stereocenters. The Kier molecular flexibility index (Phi) is 3.85. The summed E-state index contributed by atoms with van der Waals surface area (Å²) in [5.74, 6) is 0.892. The summed E-state index contributed by atoms with van der Waals surface area (Å²) in [5, 5.41) is 0. The van der Waals surface area contributed by atoms with Crippen LogP contribution in [0.2, 0.25) is 0 Å². The second-order valence-electron chi connectivity index (χ2n) is 3.48. The summed E-state index contributed by atoms with van der Waals surface area (Å²) < 4.78 is 5.09. The van der Waals surface area contributed by atoms with Gasteiger partial charge >= 0.3 is 0 Å². The van der Waals surface area contributed by atoms with Crippen molar-refractivity contribution in [2.24, 2.45) is 0 Å². The lowest BCUT2D eigenvalue weighted by Crippen LogP contribution is -2.21. The zero-order valence-corrected chi connectivity index (χ0v) is 9.33. The van der Waals surface area contributed by atoms with Crippen LogP contribution in [0.5, 0.6) is 0 Å². The van der Waals surface area contributed by atoms with Crippen molar-refractivity contribution in [1.29, 1.82) is 0 Å². The molecule has 1 rings (SSSR count). The number of aromatic nitrogens is 2. The number of rotatable bonds is 4. The third-order valence-corrected chi connectivity index (χ3v) is 2.33. The molecule has 0 saturated carbocycles. The standard InChI is InChI=1S/C10H17N3O2/c1-4-7-9(11)12-8(13-10(7)14)5-6(2)15-3/h6H,4-5H2,1-3H3,(H3,11,12,13,14). The number of anilines is 1. The van der Waals surface area contributed by atoms with Crippen molar-refractivity contribution < 1.29 is 4.74 Å². The maximum Gasteiger partial charge on any atom is 0.256 e. The van der Waals surface area contributed by atoms with Gasteiger partial charge in [-0.2, -0.15) is 0 Å². The van der Waals surface area contributed by atoms with E-state index < -0.39 is 0 Å². The molecule has 1 aromatic rings. The minimum Gasteiger partial charge on any atom is -0.383 e. The van der Waals surface area contributed by atoms with E-state index in [0.29, 0.717) is 30.0 Å². The van der Waals surface area contributed by atoms with Crippen LogP contribution >= 0.6 is 0 Å². The zero-order chi connectivity index (χ0) is 11.4. The number of H-pyrrole nitrogens is 1. The van der Waals surface area contributed by atoms with E-state index in [1.807, 2.05) is 13.8 Å². The summed E-state index contributed by atoms with van der Waals surface area (Å²) in [6, 6.07) is 0. The van der Waals surface area contributed by atoms with Gasteiger partial charge in [0.1, 0.15) is 11.6 Å². The van der Waals surface area contributed by atoms with E-state index in [4.69, 9.17) is 10.5 Å². The number of ether oxygens (including phenoxy) is 1. The van der Waals surface area contributed by atoms with Crippen molar-refractivity contribution in [1.82, 2.24) is 9.97 Å². The van der Waals surface area contributed by atoms with Crippen molar-refractivity contribution in [3.63, 3.8) is 0 Å². The van der Waals surface area contributed by atoms with Gasteiger partial charge in [-0.1, -0.05) is 6.92 Å². The molecule has 1 unspecified atom stereocenters. The normalized spacial score (nSPS) is 12.7. The molecule has 5 nitrogen and oxygen atoms in total. The van der Waals surface area contributed by atoms with Gasteiger partial charge in [0.25, 0.3) is 5.56 Å². The molecular formula is C10H17N3O2. The summed E-state index contributed by atoms with van der Waals surface area (Å²) in [4.78, 5) is 18.4. The molecule has 0 aliphatic carbocycles. The molecule has 5 heteroatoms. The van der Waals surface area contributed by atoms with E-state index in [9.17, 15) is 4.79 Å². The number of nitrogens with two attached hydrogens (primary N) is 1. The average molecular weight is 211 g/mol. The second-order valence-corrected chi connectivity index (χ2v) is 3.48. The first-order chi connectivity index (χ1) is 7.08. The molecule has 0 aliphatic heterocycles. The molecule has 15 heavy (non-hydrogen) atoms. The topological polar surface area (TPSA) is 81.0 Å². The summed E-state index contributed by atoms with van der Waals surface area (Å²) >= 11 is 0. The summed E-state index contributed by atoms with van der Waals surface area (Å²) in [6.07, 6.45) is 1.16. The molecule has 1 heterocycles. The van der Waals surface area contributed by atoms with Gasteiger partial charge in [0.15, 0.2) is 0 Å². The number of nitrogen functional groups attached to an aromatic ring is 1. The Hall–Kier alpha value is -1.36. The Labute approximate surface area is 88.7 Å². The fraction of sp³-hybridized carbons (Fsp3) is 0.600. The highest BCUT2D eigenvalue weighted by Gasteiger charge is 2.09. The van der Waals surface area contributed by atoms with Gasteiger partial charge in [0, 0.05) is 13.5 Å². The largest absolute Gasteiger partial charge is 0.383 e. The summed E-state index contributed by atoms with van der Waals surface area (Å²) in [7, 11) is 1.62. The molecule has 0 aliphatic rings. The van der Waals surface area contributed by atoms with E-state index >= 15 is 0 Å². The maximum atomic E-state index is 11.5. The zero-order valence-electron chi connectivity index (χ0n) is 9.33. The van der Waals surface area contributed by atoms with Crippen molar-refractivity contribution in [2.45, 2.75) is 32.8 Å². The highest BCUT2D eigenvalue weighted by molar-refractivity contribution is 5.37. The molecule has 0 saturated heterocycles. The number of methoxy groups -OCH3 is 1. The Balaban J connectivity index is 2.99. The monoisotopic (exact) mass is 211 g/mol. The Morgan fingerprint density at radius 1 is 1.60 bits per heavy atom. The highest BCUT2D eigenvalue weighted by atomic mass is 16.5. The van der Waals surface area contributed by atoms with E-state index in [2.05, 4.69) is 9.97 Å². The van der Waals surface area contributed by atoms with Crippen molar-refractivity contribution in [3.05, 3.63) is 21.7 Å². The minimum atomic E-state index is -0.150. The Morgan fingerprint density at radius 2 is 2.27 bits per heavy atom. The molecule has 0 fully saturated rings. The predicted octanol–water partition coefficient (Wildman–Crippen LogP) is 0.492. The first-order valence-corrected chi connectivity index (χ1v) is 4.98. The molecule has 0 bridgehead atoms. The summed E-state index contributed by atoms with van der Waals surface area (Å²) in [5.41, 5.74) is 6.07. The fourth-order valence-electron chi connectivity index (χ4n) is 1.36. The Bertz CT molecular complexity index is 387. The fourth-order valence-corrected chi connectivity index (χ4v) is 1.36. The van der Waals surface area contributed by atoms with Gasteiger partial charge in [0.05, 0.1) is 11.7 Å². The van der Waals surface area contributed by atoms with Crippen LogP contribution in [0.1, 0.15) is 25.2 Å². The molecule has 0 radical (unpaired) electrons. The van der Waals surface area contributed by atoms with Crippen LogP contribution in [0.15, 0.2) is 4.79 Å². The van der Waals surface area contributed by atoms with Gasteiger partial charge < -0.3 is 15.5 Å². The molecule has 84 valence electrons. The number of hydrogen-bond donors (Lipinski definition) is 2. The molecule has 0 aromatic carbocycles. The average Bonchev–Trinajstić information content (AvgIpc) is 2.17. The molecular weight excluding hydrogens is 194 g/mol. The van der Waals surface area contributed by atoms with Crippen molar-refractivity contribution >= 4 is 5.82 Å². The van der Waals surface area contributed by atoms with Crippen LogP contribution in [0.25, 0.3) is 0 Å². The Morgan fingerprint density at radius 3 is 2.73 bits per heavy atom. The smallest absolute Gasteiger partial charge is 0.256 e.